The number of piperidine rings is 1. The second-order valence-corrected chi connectivity index (χ2v) is 21.3. The Bertz CT molecular complexity index is 2440. The van der Waals surface area contributed by atoms with E-state index in [-0.39, 0.29) is 53.8 Å². The molecule has 6 aliphatic rings. The van der Waals surface area contributed by atoms with Crippen LogP contribution in [-0.4, -0.2) is 90.1 Å². The van der Waals surface area contributed by atoms with Gasteiger partial charge in [-0.05, 0) is 178 Å². The molecule has 4 aliphatic carbocycles. The molecule has 1 saturated heterocycles. The van der Waals surface area contributed by atoms with Gasteiger partial charge in [-0.15, -0.1) is 0 Å². The fourth-order valence-corrected chi connectivity index (χ4v) is 13.6. The summed E-state index contributed by atoms with van der Waals surface area (Å²) in [6, 6.07) is 18.1. The Morgan fingerprint density at radius 1 is 0.970 bits per heavy atom. The molecule has 4 fully saturated rings. The Kier molecular flexibility index (Phi) is 14.2. The van der Waals surface area contributed by atoms with Crippen LogP contribution in [0, 0.1) is 46.3 Å². The molecule has 358 valence electrons. The van der Waals surface area contributed by atoms with Crippen molar-refractivity contribution in [2.45, 2.75) is 133 Å². The third-order valence-corrected chi connectivity index (χ3v) is 17.2. The van der Waals surface area contributed by atoms with Crippen LogP contribution in [0.1, 0.15) is 118 Å². The van der Waals surface area contributed by atoms with Gasteiger partial charge < -0.3 is 46.8 Å². The number of hydrogen-bond acceptors (Lipinski definition) is 11. The molecule has 0 radical (unpaired) electrons. The maximum Gasteiger partial charge on any atom is 0.160 e. The maximum absolute atomic E-state index is 14.6. The number of aromatic hydroxyl groups is 1. The summed E-state index contributed by atoms with van der Waals surface area (Å²) >= 11 is 0. The number of phenolic OH excluding ortho intramolecular Hbond substituents is 1. The highest BCUT2D eigenvalue weighted by Gasteiger charge is 2.53. The molecule has 3 aromatic carbocycles. The normalized spacial score (nSPS) is 32.2. The molecule has 2 heterocycles. The highest BCUT2D eigenvalue weighted by Crippen LogP contribution is 2.57. The summed E-state index contributed by atoms with van der Waals surface area (Å²) < 4.78 is 5.52. The van der Waals surface area contributed by atoms with Crippen LogP contribution in [0.15, 0.2) is 78.1 Å². The first-order valence-corrected chi connectivity index (χ1v) is 25.2. The molecular formula is C56H72N4O7. The van der Waals surface area contributed by atoms with E-state index in [4.69, 9.17) is 10.5 Å². The summed E-state index contributed by atoms with van der Waals surface area (Å²) in [5.74, 6) is 8.82. The van der Waals surface area contributed by atoms with Crippen molar-refractivity contribution in [1.29, 1.82) is 0 Å². The van der Waals surface area contributed by atoms with E-state index in [1.54, 1.807) is 12.1 Å². The number of phenols is 1. The number of benzene rings is 3. The van der Waals surface area contributed by atoms with E-state index in [1.807, 2.05) is 25.3 Å². The number of methoxy groups -OCH3 is 1. The minimum atomic E-state index is -1.27. The molecule has 0 bridgehead atoms. The van der Waals surface area contributed by atoms with E-state index in [2.05, 4.69) is 64.2 Å². The second kappa shape index (κ2) is 20.1. The monoisotopic (exact) mass is 913 g/mol. The van der Waals surface area contributed by atoms with Crippen molar-refractivity contribution in [1.82, 2.24) is 16.0 Å². The van der Waals surface area contributed by atoms with Crippen molar-refractivity contribution in [3.05, 3.63) is 94.8 Å². The topological polar surface area (TPSA) is 186 Å². The smallest absolute Gasteiger partial charge is 0.160 e. The van der Waals surface area contributed by atoms with Crippen LogP contribution in [0.25, 0.3) is 10.8 Å². The second-order valence-electron chi connectivity index (χ2n) is 21.3. The molecule has 1 spiro atoms. The molecule has 67 heavy (non-hydrogen) atoms. The van der Waals surface area contributed by atoms with Gasteiger partial charge in [-0.3, -0.25) is 9.59 Å². The van der Waals surface area contributed by atoms with Gasteiger partial charge in [-0.2, -0.15) is 0 Å². The number of nitrogens with one attached hydrogen (secondary N) is 3. The summed E-state index contributed by atoms with van der Waals surface area (Å²) in [5, 5.41) is 60.1. The fourth-order valence-electron chi connectivity index (χ4n) is 13.6. The van der Waals surface area contributed by atoms with Gasteiger partial charge in [0.25, 0.3) is 0 Å². The van der Waals surface area contributed by atoms with Gasteiger partial charge in [0.05, 0.1) is 31.2 Å². The molecule has 12 atom stereocenters. The lowest BCUT2D eigenvalue weighted by atomic mass is 9.58. The number of nitrogens with two attached hydrogens (primary N) is 1. The number of hydrogen-bond donors (Lipinski definition) is 8. The van der Waals surface area contributed by atoms with Gasteiger partial charge in [0.2, 0.25) is 0 Å². The third-order valence-electron chi connectivity index (χ3n) is 17.2. The highest BCUT2D eigenvalue weighted by molar-refractivity contribution is 5.89. The lowest BCUT2D eigenvalue weighted by Crippen LogP contribution is -2.53. The highest BCUT2D eigenvalue weighted by atomic mass is 16.5. The molecular weight excluding hydrogens is 841 g/mol. The van der Waals surface area contributed by atoms with Crippen LogP contribution in [0.2, 0.25) is 0 Å². The number of aryl methyl sites for hydroxylation is 1. The Labute approximate surface area is 396 Å². The number of aliphatic hydroxyl groups excluding tert-OH is 3. The number of allylic oxidation sites excluding steroid dienone is 2. The maximum atomic E-state index is 14.6. The molecule has 9 rings (SSSR count). The molecule has 2 aliphatic heterocycles. The number of carbonyl (C=O) groups is 2. The molecule has 9 N–H and O–H groups in total. The van der Waals surface area contributed by atoms with Crippen molar-refractivity contribution in [3.63, 3.8) is 0 Å². The van der Waals surface area contributed by atoms with Gasteiger partial charge >= 0.3 is 0 Å². The predicted molar refractivity (Wildman–Crippen MR) is 261 cm³/mol. The van der Waals surface area contributed by atoms with Crippen molar-refractivity contribution in [2.24, 2.45) is 40.2 Å². The predicted octanol–water partition coefficient (Wildman–Crippen LogP) is 6.66. The molecule has 11 nitrogen and oxygen atoms in total. The number of rotatable bonds is 13. The minimum absolute atomic E-state index is 0.0423. The van der Waals surface area contributed by atoms with Crippen LogP contribution in [0.4, 0.5) is 0 Å². The minimum Gasteiger partial charge on any atom is -0.504 e. The summed E-state index contributed by atoms with van der Waals surface area (Å²) in [6.45, 7) is 2.47. The summed E-state index contributed by atoms with van der Waals surface area (Å²) in [5.41, 5.74) is 8.54. The van der Waals surface area contributed by atoms with Crippen molar-refractivity contribution >= 4 is 22.3 Å². The van der Waals surface area contributed by atoms with Crippen LogP contribution >= 0.6 is 0 Å². The van der Waals surface area contributed by atoms with Crippen LogP contribution in [0.3, 0.4) is 0 Å². The van der Waals surface area contributed by atoms with E-state index in [0.717, 1.165) is 79.1 Å². The van der Waals surface area contributed by atoms with Gasteiger partial charge in [0.1, 0.15) is 11.2 Å². The van der Waals surface area contributed by atoms with Crippen LogP contribution < -0.4 is 26.4 Å². The van der Waals surface area contributed by atoms with Crippen molar-refractivity contribution < 1.29 is 34.8 Å². The molecule has 11 heteroatoms. The largest absolute Gasteiger partial charge is 0.504 e. The lowest BCUT2D eigenvalue weighted by Gasteiger charge is -2.49. The Morgan fingerprint density at radius 3 is 2.58 bits per heavy atom. The number of fused-ring (bicyclic) bond motifs is 3. The molecule has 0 aromatic heterocycles. The molecule has 3 aromatic rings. The number of Topliss-reactive ketones (excluding diaryl/α,β-unsaturated/α-hetero) is 2. The zero-order chi connectivity index (χ0) is 46.9. The first kappa shape index (κ1) is 47.4. The summed E-state index contributed by atoms with van der Waals surface area (Å²) in [6.07, 6.45) is 11.1. The Balaban J connectivity index is 0.971. The van der Waals surface area contributed by atoms with E-state index in [9.17, 15) is 30.0 Å². The standard InChI is InChI=1S/C56H72N4O7/c1-58-32-35-13-17-55(31-35,43-23-42-9-11-44(61)27-47(42)60-33-43)30-34-14-18-56(53(66)21-34)19-15-40(46-29-50(64)51(67-2)25-39(46)10-12-52(56)65)24-48(62)49(63)28-45(41-16-20-59-54(57)26-41)38-8-7-36-5-3-4-6-37(36)22-38/h3-8,16,22,25-26,29,34-35,40,42-43,45,47-49,53,58-60,62-64,66H,9-14,17-18,20-21,23-24,27-28,30-33,57H2,1-2H3/t34-,35-,40-,42-,43+,45+,47-,48+,49-,53-,55+,56+/m1/s1. The van der Waals surface area contributed by atoms with E-state index >= 15 is 0 Å². The average molecular weight is 913 g/mol. The van der Waals surface area contributed by atoms with E-state index in [0.29, 0.717) is 79.6 Å². The van der Waals surface area contributed by atoms with Gasteiger partial charge in [0, 0.05) is 43.7 Å². The van der Waals surface area contributed by atoms with Crippen molar-refractivity contribution in [2.75, 3.05) is 33.8 Å². The quantitative estimate of drug-likeness (QED) is 0.0858. The van der Waals surface area contributed by atoms with Gasteiger partial charge in [-0.25, -0.2) is 0 Å². The zero-order valence-electron chi connectivity index (χ0n) is 39.4. The lowest BCUT2D eigenvalue weighted by molar-refractivity contribution is -0.135. The van der Waals surface area contributed by atoms with Crippen LogP contribution in [0.5, 0.6) is 11.5 Å². The van der Waals surface area contributed by atoms with Crippen molar-refractivity contribution in [3.8, 4) is 23.3 Å². The van der Waals surface area contributed by atoms with Gasteiger partial charge in [-0.1, -0.05) is 60.4 Å². The number of carbonyl (C=O) groups excluding carboxylic acids is 2. The molecule has 0 amide bonds. The number of ether oxygens (including phenoxy) is 1. The number of aliphatic hydroxyl groups is 3. The molecule has 0 unspecified atom stereocenters. The Morgan fingerprint density at radius 2 is 1.79 bits per heavy atom. The van der Waals surface area contributed by atoms with Crippen LogP contribution in [-0.2, 0) is 16.0 Å². The number of ketones is 2. The first-order valence-electron chi connectivity index (χ1n) is 25.2. The fraction of sp³-hybridized carbons (Fsp3) is 0.571. The third kappa shape index (κ3) is 9.93. The Hall–Kier alpha value is -4.70. The summed E-state index contributed by atoms with van der Waals surface area (Å²) in [4.78, 5) is 27.0. The number of dihydropyridines is 1. The SMILES string of the molecule is CNC[C@@H]1CC[C@@](C[C@@H]2CC[C@@]3(C#C[C@H](C[C@H](O)[C@H](O)C[C@H](C4=CCNC(N)=C4)c4ccc5ccccc5c4)c4cc(O)c(OC)cc4CCC3=O)[C@H](O)C2)([C@@H]2CN[C@@H]3CC(=O)CC[C@@H]3C2)C1. The van der Waals surface area contributed by atoms with Gasteiger partial charge in [0.15, 0.2) is 17.3 Å². The van der Waals surface area contributed by atoms with E-state index in [1.165, 1.54) is 13.5 Å². The van der Waals surface area contributed by atoms with E-state index < -0.39 is 29.6 Å². The summed E-state index contributed by atoms with van der Waals surface area (Å²) in [7, 11) is 3.53. The molecule has 3 saturated carbocycles. The first-order chi connectivity index (χ1) is 32.4. The average Bonchev–Trinajstić information content (AvgIpc) is 3.75. The zero-order valence-corrected chi connectivity index (χ0v) is 39.4.